The summed E-state index contributed by atoms with van der Waals surface area (Å²) in [6, 6.07) is 10.8. The Hall–Kier alpha value is -1.98. The van der Waals surface area contributed by atoms with E-state index in [1.165, 1.54) is 11.3 Å². The zero-order valence-electron chi connectivity index (χ0n) is 9.65. The standard InChI is InChI=1S/C13H8ClN3OS/c14-9-3-5-10(6-4-9)17-8-11(15-16-17)13(18)12-2-1-7-19-12/h1-8H. The topological polar surface area (TPSA) is 47.8 Å². The molecule has 94 valence electrons. The lowest BCUT2D eigenvalue weighted by atomic mass is 10.2. The molecule has 1 aromatic carbocycles. The van der Waals surface area contributed by atoms with Crippen molar-refractivity contribution in [1.82, 2.24) is 15.0 Å². The maximum absolute atomic E-state index is 12.1. The number of rotatable bonds is 3. The Morgan fingerprint density at radius 1 is 1.21 bits per heavy atom. The van der Waals surface area contributed by atoms with Gasteiger partial charge in [-0.1, -0.05) is 22.9 Å². The predicted octanol–water partition coefficient (Wildman–Crippen LogP) is 3.21. The number of hydrogen-bond donors (Lipinski definition) is 0. The molecule has 0 saturated carbocycles. The Morgan fingerprint density at radius 3 is 2.68 bits per heavy atom. The van der Waals surface area contributed by atoms with E-state index in [9.17, 15) is 4.79 Å². The summed E-state index contributed by atoms with van der Waals surface area (Å²) in [5, 5.41) is 10.4. The first-order valence-corrected chi connectivity index (χ1v) is 6.76. The van der Waals surface area contributed by atoms with Crippen LogP contribution in [-0.4, -0.2) is 20.8 Å². The fraction of sp³-hybridized carbons (Fsp3) is 0. The highest BCUT2D eigenvalue weighted by atomic mass is 35.5. The number of aromatic nitrogens is 3. The van der Waals surface area contributed by atoms with Crippen LogP contribution in [0, 0.1) is 0 Å². The maximum atomic E-state index is 12.1. The minimum Gasteiger partial charge on any atom is -0.286 e. The van der Waals surface area contributed by atoms with Crippen LogP contribution < -0.4 is 0 Å². The molecule has 0 aliphatic heterocycles. The third-order valence-corrected chi connectivity index (χ3v) is 3.68. The van der Waals surface area contributed by atoms with Crippen molar-refractivity contribution >= 4 is 28.7 Å². The van der Waals surface area contributed by atoms with Crippen LogP contribution in [0.5, 0.6) is 0 Å². The van der Waals surface area contributed by atoms with Gasteiger partial charge in [-0.2, -0.15) is 0 Å². The molecule has 0 unspecified atom stereocenters. The summed E-state index contributed by atoms with van der Waals surface area (Å²) in [4.78, 5) is 12.7. The SMILES string of the molecule is O=C(c1cn(-c2ccc(Cl)cc2)nn1)c1cccs1. The molecule has 0 saturated heterocycles. The van der Waals surface area contributed by atoms with Gasteiger partial charge in [-0.15, -0.1) is 16.4 Å². The van der Waals surface area contributed by atoms with Crippen LogP contribution in [0.25, 0.3) is 5.69 Å². The number of halogens is 1. The molecule has 0 fully saturated rings. The van der Waals surface area contributed by atoms with Gasteiger partial charge in [0.2, 0.25) is 5.78 Å². The van der Waals surface area contributed by atoms with E-state index in [0.717, 1.165) is 5.69 Å². The van der Waals surface area contributed by atoms with Gasteiger partial charge < -0.3 is 0 Å². The molecule has 2 aromatic heterocycles. The zero-order chi connectivity index (χ0) is 13.2. The Kier molecular flexibility index (Phi) is 3.15. The number of carbonyl (C=O) groups is 1. The van der Waals surface area contributed by atoms with E-state index in [2.05, 4.69) is 10.3 Å². The van der Waals surface area contributed by atoms with E-state index in [0.29, 0.717) is 15.6 Å². The molecule has 3 aromatic rings. The van der Waals surface area contributed by atoms with Crippen molar-refractivity contribution in [3.63, 3.8) is 0 Å². The molecule has 0 bridgehead atoms. The van der Waals surface area contributed by atoms with Crippen molar-refractivity contribution in [2.75, 3.05) is 0 Å². The van der Waals surface area contributed by atoms with Gasteiger partial charge in [-0.05, 0) is 35.7 Å². The van der Waals surface area contributed by atoms with Gasteiger partial charge >= 0.3 is 0 Å². The largest absolute Gasteiger partial charge is 0.286 e. The molecule has 0 amide bonds. The highest BCUT2D eigenvalue weighted by Crippen LogP contribution is 2.16. The Labute approximate surface area is 118 Å². The van der Waals surface area contributed by atoms with E-state index in [-0.39, 0.29) is 5.78 Å². The maximum Gasteiger partial charge on any atom is 0.224 e. The molecule has 3 rings (SSSR count). The molecular formula is C13H8ClN3OS. The van der Waals surface area contributed by atoms with E-state index in [4.69, 9.17) is 11.6 Å². The average Bonchev–Trinajstić information content (AvgIpc) is 3.10. The number of carbonyl (C=O) groups excluding carboxylic acids is 1. The van der Waals surface area contributed by atoms with Crippen molar-refractivity contribution in [3.8, 4) is 5.69 Å². The molecule has 0 N–H and O–H groups in total. The number of ketones is 1. The fourth-order valence-electron chi connectivity index (χ4n) is 1.62. The van der Waals surface area contributed by atoms with Crippen LogP contribution >= 0.6 is 22.9 Å². The van der Waals surface area contributed by atoms with Gasteiger partial charge in [0.1, 0.15) is 0 Å². The van der Waals surface area contributed by atoms with E-state index in [1.807, 2.05) is 23.6 Å². The number of nitrogens with zero attached hydrogens (tertiary/aromatic N) is 3. The minimum atomic E-state index is -0.116. The second-order valence-corrected chi connectivity index (χ2v) is 5.22. The molecule has 19 heavy (non-hydrogen) atoms. The third kappa shape index (κ3) is 2.43. The number of thiophene rings is 1. The summed E-state index contributed by atoms with van der Waals surface area (Å²) < 4.78 is 1.55. The molecule has 0 aliphatic carbocycles. The summed E-state index contributed by atoms with van der Waals surface area (Å²) >= 11 is 7.21. The first kappa shape index (κ1) is 12.1. The quantitative estimate of drug-likeness (QED) is 0.696. The minimum absolute atomic E-state index is 0.116. The van der Waals surface area contributed by atoms with Crippen molar-refractivity contribution in [2.24, 2.45) is 0 Å². The lowest BCUT2D eigenvalue weighted by molar-refractivity contribution is 0.103. The average molecular weight is 290 g/mol. The second-order valence-electron chi connectivity index (χ2n) is 3.83. The number of benzene rings is 1. The monoisotopic (exact) mass is 289 g/mol. The molecule has 6 heteroatoms. The van der Waals surface area contributed by atoms with Crippen molar-refractivity contribution < 1.29 is 4.79 Å². The molecule has 2 heterocycles. The van der Waals surface area contributed by atoms with Gasteiger partial charge in [0.25, 0.3) is 0 Å². The summed E-state index contributed by atoms with van der Waals surface area (Å²) in [6.45, 7) is 0. The zero-order valence-corrected chi connectivity index (χ0v) is 11.2. The van der Waals surface area contributed by atoms with Gasteiger partial charge in [-0.3, -0.25) is 4.79 Å². The first-order chi connectivity index (χ1) is 9.24. The predicted molar refractivity (Wildman–Crippen MR) is 74.1 cm³/mol. The lowest BCUT2D eigenvalue weighted by Gasteiger charge is -1.98. The molecule has 0 atom stereocenters. The second kappa shape index (κ2) is 4.95. The van der Waals surface area contributed by atoms with Crippen LogP contribution in [0.15, 0.2) is 48.0 Å². The van der Waals surface area contributed by atoms with Crippen molar-refractivity contribution in [2.45, 2.75) is 0 Å². The molecular weight excluding hydrogens is 282 g/mol. The summed E-state index contributed by atoms with van der Waals surface area (Å²) in [6.07, 6.45) is 1.62. The Morgan fingerprint density at radius 2 is 2.00 bits per heavy atom. The smallest absolute Gasteiger partial charge is 0.224 e. The summed E-state index contributed by atoms with van der Waals surface area (Å²) in [5.74, 6) is -0.116. The van der Waals surface area contributed by atoms with Crippen LogP contribution in [0.3, 0.4) is 0 Å². The molecule has 0 aliphatic rings. The highest BCUT2D eigenvalue weighted by molar-refractivity contribution is 7.12. The fourth-order valence-corrected chi connectivity index (χ4v) is 2.42. The van der Waals surface area contributed by atoms with Gasteiger partial charge in [-0.25, -0.2) is 4.68 Å². The van der Waals surface area contributed by atoms with E-state index in [1.54, 1.807) is 29.1 Å². The van der Waals surface area contributed by atoms with Crippen molar-refractivity contribution in [1.29, 1.82) is 0 Å². The Bertz CT molecular complexity index is 704. The van der Waals surface area contributed by atoms with Crippen LogP contribution in [-0.2, 0) is 0 Å². The number of hydrogen-bond acceptors (Lipinski definition) is 4. The molecule has 4 nitrogen and oxygen atoms in total. The normalized spacial score (nSPS) is 10.6. The van der Waals surface area contributed by atoms with E-state index >= 15 is 0 Å². The summed E-state index contributed by atoms with van der Waals surface area (Å²) in [5.41, 5.74) is 1.14. The Balaban J connectivity index is 1.91. The van der Waals surface area contributed by atoms with Crippen molar-refractivity contribution in [3.05, 3.63) is 63.6 Å². The van der Waals surface area contributed by atoms with Crippen LogP contribution in [0.4, 0.5) is 0 Å². The van der Waals surface area contributed by atoms with Crippen LogP contribution in [0.2, 0.25) is 5.02 Å². The summed E-state index contributed by atoms with van der Waals surface area (Å²) in [7, 11) is 0. The van der Waals surface area contributed by atoms with Gasteiger partial charge in [0.15, 0.2) is 5.69 Å². The first-order valence-electron chi connectivity index (χ1n) is 5.50. The molecule has 0 spiro atoms. The highest BCUT2D eigenvalue weighted by Gasteiger charge is 2.14. The van der Waals surface area contributed by atoms with Gasteiger partial charge in [0, 0.05) is 5.02 Å². The van der Waals surface area contributed by atoms with Crippen LogP contribution in [0.1, 0.15) is 15.4 Å². The lowest BCUT2D eigenvalue weighted by Crippen LogP contribution is -1.98. The third-order valence-electron chi connectivity index (χ3n) is 2.56. The van der Waals surface area contributed by atoms with E-state index < -0.39 is 0 Å². The molecule has 0 radical (unpaired) electrons. The van der Waals surface area contributed by atoms with Gasteiger partial charge in [0.05, 0.1) is 16.8 Å².